The van der Waals surface area contributed by atoms with Crippen molar-refractivity contribution in [2.24, 2.45) is 0 Å². The van der Waals surface area contributed by atoms with Crippen molar-refractivity contribution in [3.8, 4) is 0 Å². The minimum Gasteiger partial charge on any atom is -0.338 e. The van der Waals surface area contributed by atoms with Crippen LogP contribution >= 0.6 is 12.6 Å². The molecule has 1 N–H and O–H groups in total. The summed E-state index contributed by atoms with van der Waals surface area (Å²) >= 11 is 4.09. The van der Waals surface area contributed by atoms with Gasteiger partial charge in [-0.3, -0.25) is 0 Å². The number of nitrogens with zero attached hydrogens (tertiary/aromatic N) is 1. The van der Waals surface area contributed by atoms with Crippen LogP contribution in [0.25, 0.3) is 0 Å². The van der Waals surface area contributed by atoms with Crippen molar-refractivity contribution in [3.05, 3.63) is 0 Å². The van der Waals surface area contributed by atoms with E-state index in [4.69, 9.17) is 0 Å². The first-order valence-corrected chi connectivity index (χ1v) is 4.61. The van der Waals surface area contributed by atoms with E-state index >= 15 is 0 Å². The third-order valence-corrected chi connectivity index (χ3v) is 2.07. The van der Waals surface area contributed by atoms with Crippen molar-refractivity contribution in [2.75, 3.05) is 25.4 Å². The highest BCUT2D eigenvalue weighted by molar-refractivity contribution is 7.80. The second-order valence-electron chi connectivity index (χ2n) is 2.65. The molecule has 0 aromatic carbocycles. The SMILES string of the molecule is O=C1NCCCN1CCCS. The summed E-state index contributed by atoms with van der Waals surface area (Å²) in [6, 6.07) is 0.0815. The van der Waals surface area contributed by atoms with Crippen LogP contribution in [0.4, 0.5) is 4.79 Å². The highest BCUT2D eigenvalue weighted by atomic mass is 32.1. The zero-order valence-corrected chi connectivity index (χ0v) is 7.44. The number of hydrogen-bond acceptors (Lipinski definition) is 2. The molecule has 3 nitrogen and oxygen atoms in total. The molecule has 0 saturated carbocycles. The van der Waals surface area contributed by atoms with Crippen LogP contribution in [-0.2, 0) is 0 Å². The molecule has 0 unspecified atom stereocenters. The van der Waals surface area contributed by atoms with E-state index in [1.54, 1.807) is 0 Å². The number of amides is 2. The summed E-state index contributed by atoms with van der Waals surface area (Å²) in [6.45, 7) is 2.57. The molecule has 1 heterocycles. The second kappa shape index (κ2) is 4.49. The Morgan fingerprint density at radius 1 is 1.64 bits per heavy atom. The lowest BCUT2D eigenvalue weighted by Crippen LogP contribution is -2.46. The maximum absolute atomic E-state index is 11.1. The fraction of sp³-hybridized carbons (Fsp3) is 0.857. The molecule has 1 aliphatic rings. The van der Waals surface area contributed by atoms with Crippen molar-refractivity contribution < 1.29 is 4.79 Å². The minimum absolute atomic E-state index is 0.0815. The average Bonchev–Trinajstić information content (AvgIpc) is 2.03. The van der Waals surface area contributed by atoms with E-state index in [2.05, 4.69) is 17.9 Å². The highest BCUT2D eigenvalue weighted by Gasteiger charge is 2.15. The predicted octanol–water partition coefficient (Wildman–Crippen LogP) is 0.722. The van der Waals surface area contributed by atoms with E-state index in [1.165, 1.54) is 0 Å². The third-order valence-electron chi connectivity index (χ3n) is 1.75. The molecule has 4 heteroatoms. The lowest BCUT2D eigenvalue weighted by Gasteiger charge is -2.27. The van der Waals surface area contributed by atoms with Crippen molar-refractivity contribution in [2.45, 2.75) is 12.8 Å². The van der Waals surface area contributed by atoms with Gasteiger partial charge in [0.1, 0.15) is 0 Å². The van der Waals surface area contributed by atoms with Gasteiger partial charge in [-0.1, -0.05) is 0 Å². The molecule has 0 atom stereocenters. The van der Waals surface area contributed by atoms with E-state index in [9.17, 15) is 4.79 Å². The summed E-state index contributed by atoms with van der Waals surface area (Å²) in [5.74, 6) is 0.851. The van der Waals surface area contributed by atoms with Crippen LogP contribution < -0.4 is 5.32 Å². The molecule has 1 fully saturated rings. The van der Waals surface area contributed by atoms with Crippen LogP contribution in [0.2, 0.25) is 0 Å². The summed E-state index contributed by atoms with van der Waals surface area (Å²) in [5, 5.41) is 2.80. The standard InChI is InChI=1S/C7H14N2OS/c10-7-8-3-1-4-9(7)5-2-6-11/h11H,1-6H2,(H,8,10). The summed E-state index contributed by atoms with van der Waals surface area (Å²) in [6.07, 6.45) is 2.05. The number of nitrogens with one attached hydrogen (secondary N) is 1. The van der Waals surface area contributed by atoms with Crippen molar-refractivity contribution in [1.29, 1.82) is 0 Å². The van der Waals surface area contributed by atoms with Gasteiger partial charge in [-0.05, 0) is 18.6 Å². The van der Waals surface area contributed by atoms with E-state index < -0.39 is 0 Å². The molecule has 0 bridgehead atoms. The Morgan fingerprint density at radius 2 is 2.45 bits per heavy atom. The Hall–Kier alpha value is -0.380. The molecule has 0 aromatic heterocycles. The number of hydrogen-bond donors (Lipinski definition) is 2. The fourth-order valence-electron chi connectivity index (χ4n) is 1.15. The lowest BCUT2D eigenvalue weighted by atomic mass is 10.3. The molecule has 64 valence electrons. The number of rotatable bonds is 3. The Kier molecular flexibility index (Phi) is 3.56. The van der Waals surface area contributed by atoms with Gasteiger partial charge in [0.2, 0.25) is 0 Å². The molecule has 11 heavy (non-hydrogen) atoms. The van der Waals surface area contributed by atoms with Gasteiger partial charge in [0.15, 0.2) is 0 Å². The molecular weight excluding hydrogens is 160 g/mol. The van der Waals surface area contributed by atoms with Gasteiger partial charge in [0, 0.05) is 19.6 Å². The molecule has 0 spiro atoms. The molecule has 0 aromatic rings. The monoisotopic (exact) mass is 174 g/mol. The second-order valence-corrected chi connectivity index (χ2v) is 3.10. The first-order valence-electron chi connectivity index (χ1n) is 3.98. The largest absolute Gasteiger partial charge is 0.338 e. The number of thiol groups is 1. The van der Waals surface area contributed by atoms with Gasteiger partial charge >= 0.3 is 6.03 Å². The maximum Gasteiger partial charge on any atom is 0.317 e. The Morgan fingerprint density at radius 3 is 3.09 bits per heavy atom. The van der Waals surface area contributed by atoms with Crippen molar-refractivity contribution in [3.63, 3.8) is 0 Å². The summed E-state index contributed by atoms with van der Waals surface area (Å²) in [7, 11) is 0. The summed E-state index contributed by atoms with van der Waals surface area (Å²) < 4.78 is 0. The predicted molar refractivity (Wildman–Crippen MR) is 48.1 cm³/mol. The molecule has 0 aliphatic carbocycles. The minimum atomic E-state index is 0.0815. The third kappa shape index (κ3) is 2.61. The van der Waals surface area contributed by atoms with Crippen LogP contribution in [-0.4, -0.2) is 36.3 Å². The van der Waals surface area contributed by atoms with Crippen LogP contribution in [0, 0.1) is 0 Å². The normalized spacial score (nSPS) is 18.3. The molecular formula is C7H14N2OS. The zero-order valence-electron chi connectivity index (χ0n) is 6.55. The zero-order chi connectivity index (χ0) is 8.10. The fourth-order valence-corrected chi connectivity index (χ4v) is 1.29. The van der Waals surface area contributed by atoms with E-state index in [0.717, 1.165) is 38.2 Å². The summed E-state index contributed by atoms with van der Waals surface area (Å²) in [5.41, 5.74) is 0. The van der Waals surface area contributed by atoms with Crippen molar-refractivity contribution in [1.82, 2.24) is 10.2 Å². The molecule has 1 rings (SSSR count). The van der Waals surface area contributed by atoms with Gasteiger partial charge in [-0.25, -0.2) is 4.79 Å². The number of urea groups is 1. The quantitative estimate of drug-likeness (QED) is 0.607. The molecule has 1 saturated heterocycles. The van der Waals surface area contributed by atoms with Crippen LogP contribution in [0.15, 0.2) is 0 Å². The van der Waals surface area contributed by atoms with Crippen LogP contribution in [0.1, 0.15) is 12.8 Å². The van der Waals surface area contributed by atoms with Gasteiger partial charge in [0.25, 0.3) is 0 Å². The first kappa shape index (κ1) is 8.71. The van der Waals surface area contributed by atoms with E-state index in [1.807, 2.05) is 4.90 Å². The van der Waals surface area contributed by atoms with Gasteiger partial charge < -0.3 is 10.2 Å². The molecule has 1 aliphatic heterocycles. The lowest BCUT2D eigenvalue weighted by molar-refractivity contribution is 0.186. The van der Waals surface area contributed by atoms with E-state index in [-0.39, 0.29) is 6.03 Å². The van der Waals surface area contributed by atoms with Crippen LogP contribution in [0.3, 0.4) is 0 Å². The van der Waals surface area contributed by atoms with Crippen molar-refractivity contribution >= 4 is 18.7 Å². The number of carbonyl (C=O) groups excluding carboxylic acids is 1. The topological polar surface area (TPSA) is 32.3 Å². The molecule has 0 radical (unpaired) electrons. The highest BCUT2D eigenvalue weighted by Crippen LogP contribution is 2.00. The van der Waals surface area contributed by atoms with Gasteiger partial charge in [0.05, 0.1) is 0 Å². The van der Waals surface area contributed by atoms with Gasteiger partial charge in [-0.15, -0.1) is 0 Å². The Balaban J connectivity index is 2.24. The summed E-state index contributed by atoms with van der Waals surface area (Å²) in [4.78, 5) is 12.9. The Labute approximate surface area is 72.5 Å². The van der Waals surface area contributed by atoms with E-state index in [0.29, 0.717) is 0 Å². The first-order chi connectivity index (χ1) is 5.34. The Bertz CT molecular complexity index is 140. The molecule has 2 amide bonds. The average molecular weight is 174 g/mol. The van der Waals surface area contributed by atoms with Gasteiger partial charge in [-0.2, -0.15) is 12.6 Å². The smallest absolute Gasteiger partial charge is 0.317 e. The van der Waals surface area contributed by atoms with Crippen LogP contribution in [0.5, 0.6) is 0 Å². The number of carbonyl (C=O) groups is 1. The maximum atomic E-state index is 11.1.